The van der Waals surface area contributed by atoms with Crippen LogP contribution in [0.5, 0.6) is 0 Å². The summed E-state index contributed by atoms with van der Waals surface area (Å²) in [6.45, 7) is 6.23. The molecule has 0 fully saturated rings. The number of nitrogens with one attached hydrogen (secondary N) is 2. The number of hydrogen-bond donors (Lipinski definition) is 2. The van der Waals surface area contributed by atoms with E-state index in [2.05, 4.69) is 41.6 Å². The first kappa shape index (κ1) is 14.3. The highest BCUT2D eigenvalue weighted by molar-refractivity contribution is 5.38. The van der Waals surface area contributed by atoms with E-state index in [-0.39, 0.29) is 0 Å². The highest BCUT2D eigenvalue weighted by Gasteiger charge is 2.22. The van der Waals surface area contributed by atoms with E-state index in [1.54, 1.807) is 5.57 Å². The average molecular weight is 284 g/mol. The van der Waals surface area contributed by atoms with Gasteiger partial charge in [-0.05, 0) is 31.8 Å². The van der Waals surface area contributed by atoms with Gasteiger partial charge in [0.25, 0.3) is 0 Å². The van der Waals surface area contributed by atoms with Gasteiger partial charge < -0.3 is 10.6 Å². The summed E-state index contributed by atoms with van der Waals surface area (Å²) in [6.07, 6.45) is 10.7. The van der Waals surface area contributed by atoms with Crippen molar-refractivity contribution in [1.82, 2.24) is 15.3 Å². The normalized spacial score (nSPS) is 21.9. The molecule has 1 aliphatic carbocycles. The van der Waals surface area contributed by atoms with Gasteiger partial charge in [-0.1, -0.05) is 24.6 Å². The Bertz CT molecular complexity index is 574. The Hall–Kier alpha value is -1.68. The van der Waals surface area contributed by atoms with Crippen LogP contribution in [0.2, 0.25) is 0 Å². The lowest BCUT2D eigenvalue weighted by Gasteiger charge is -2.18. The van der Waals surface area contributed by atoms with Gasteiger partial charge in [0, 0.05) is 37.3 Å². The summed E-state index contributed by atoms with van der Waals surface area (Å²) >= 11 is 0. The van der Waals surface area contributed by atoms with Crippen LogP contribution >= 0.6 is 0 Å². The van der Waals surface area contributed by atoms with Gasteiger partial charge in [0.2, 0.25) is 5.95 Å². The summed E-state index contributed by atoms with van der Waals surface area (Å²) in [5.41, 5.74) is 5.48. The molecule has 0 saturated carbocycles. The summed E-state index contributed by atoms with van der Waals surface area (Å²) in [6, 6.07) is 0.436. The van der Waals surface area contributed by atoms with Crippen LogP contribution in [0.1, 0.15) is 44.4 Å². The second-order valence-corrected chi connectivity index (χ2v) is 5.82. The van der Waals surface area contributed by atoms with Crippen molar-refractivity contribution in [2.75, 3.05) is 11.9 Å². The van der Waals surface area contributed by atoms with Gasteiger partial charge in [0.1, 0.15) is 0 Å². The standard InChI is InChI=1S/C17H24N4/c1-3-5-13-9-15(8-12(13)4-2)20-17-19-11-14-10-18-7-6-16(14)21-17/h3,5,11,15,18H,4,6-10H2,1-2H3,(H,19,20,21). The van der Waals surface area contributed by atoms with Gasteiger partial charge in [-0.15, -0.1) is 0 Å². The fraction of sp³-hybridized carbons (Fsp3) is 0.529. The smallest absolute Gasteiger partial charge is 0.223 e. The molecule has 1 aromatic rings. The van der Waals surface area contributed by atoms with Crippen LogP contribution in [0.25, 0.3) is 0 Å². The maximum Gasteiger partial charge on any atom is 0.223 e. The fourth-order valence-electron chi connectivity index (χ4n) is 3.26. The second-order valence-electron chi connectivity index (χ2n) is 5.82. The molecule has 2 heterocycles. The van der Waals surface area contributed by atoms with E-state index in [0.717, 1.165) is 44.7 Å². The summed E-state index contributed by atoms with van der Waals surface area (Å²) in [7, 11) is 0. The van der Waals surface area contributed by atoms with E-state index < -0.39 is 0 Å². The molecule has 0 amide bonds. The van der Waals surface area contributed by atoms with Gasteiger partial charge in [0.15, 0.2) is 0 Å². The molecule has 4 heteroatoms. The Labute approximate surface area is 126 Å². The number of hydrogen-bond acceptors (Lipinski definition) is 4. The Balaban J connectivity index is 1.68. The third-order valence-corrected chi connectivity index (χ3v) is 4.35. The van der Waals surface area contributed by atoms with Gasteiger partial charge in [-0.3, -0.25) is 0 Å². The Morgan fingerprint density at radius 1 is 1.43 bits per heavy atom. The molecular weight excluding hydrogens is 260 g/mol. The predicted octanol–water partition coefficient (Wildman–Crippen LogP) is 2.98. The van der Waals surface area contributed by atoms with Crippen molar-refractivity contribution in [2.24, 2.45) is 0 Å². The zero-order chi connectivity index (χ0) is 14.7. The largest absolute Gasteiger partial charge is 0.351 e. The first-order valence-electron chi connectivity index (χ1n) is 7.95. The van der Waals surface area contributed by atoms with E-state index in [1.807, 2.05) is 6.20 Å². The molecule has 21 heavy (non-hydrogen) atoms. The van der Waals surface area contributed by atoms with Crippen LogP contribution in [-0.2, 0) is 13.0 Å². The number of rotatable bonds is 4. The molecule has 2 N–H and O–H groups in total. The molecule has 0 aromatic carbocycles. The van der Waals surface area contributed by atoms with Crippen LogP contribution in [0, 0.1) is 0 Å². The molecule has 1 unspecified atom stereocenters. The van der Waals surface area contributed by atoms with E-state index in [4.69, 9.17) is 4.98 Å². The first-order valence-corrected chi connectivity index (χ1v) is 7.95. The van der Waals surface area contributed by atoms with Crippen LogP contribution < -0.4 is 10.6 Å². The molecule has 1 atom stereocenters. The van der Waals surface area contributed by atoms with Crippen molar-refractivity contribution in [2.45, 2.75) is 52.1 Å². The summed E-state index contributed by atoms with van der Waals surface area (Å²) in [4.78, 5) is 9.18. The summed E-state index contributed by atoms with van der Waals surface area (Å²) < 4.78 is 0. The van der Waals surface area contributed by atoms with Crippen LogP contribution in [0.3, 0.4) is 0 Å². The van der Waals surface area contributed by atoms with E-state index in [1.165, 1.54) is 16.8 Å². The summed E-state index contributed by atoms with van der Waals surface area (Å²) in [5, 5.41) is 6.88. The van der Waals surface area contributed by atoms with Crippen LogP contribution in [0.15, 0.2) is 29.5 Å². The van der Waals surface area contributed by atoms with Crippen LogP contribution in [0.4, 0.5) is 5.95 Å². The molecule has 0 radical (unpaired) electrons. The molecule has 2 aliphatic rings. The molecular formula is C17H24N4. The van der Waals surface area contributed by atoms with Crippen LogP contribution in [-0.4, -0.2) is 22.6 Å². The monoisotopic (exact) mass is 284 g/mol. The van der Waals surface area contributed by atoms with Crippen molar-refractivity contribution >= 4 is 5.95 Å². The van der Waals surface area contributed by atoms with Crippen molar-refractivity contribution in [1.29, 1.82) is 0 Å². The Kier molecular flexibility index (Phi) is 4.34. The third-order valence-electron chi connectivity index (χ3n) is 4.35. The topological polar surface area (TPSA) is 49.8 Å². The number of nitrogens with zero attached hydrogens (tertiary/aromatic N) is 2. The molecule has 0 bridgehead atoms. The van der Waals surface area contributed by atoms with Crippen molar-refractivity contribution in [3.05, 3.63) is 40.8 Å². The number of fused-ring (bicyclic) bond motifs is 1. The molecule has 3 rings (SSSR count). The number of allylic oxidation sites excluding steroid dienone is 2. The lowest BCUT2D eigenvalue weighted by Crippen LogP contribution is -2.26. The zero-order valence-corrected chi connectivity index (χ0v) is 12.9. The van der Waals surface area contributed by atoms with E-state index in [0.29, 0.717) is 6.04 Å². The number of anilines is 1. The van der Waals surface area contributed by atoms with Gasteiger partial charge in [0.05, 0.1) is 5.69 Å². The van der Waals surface area contributed by atoms with E-state index in [9.17, 15) is 0 Å². The SMILES string of the molecule is CC=CC1=C(CC)CC(Nc2ncc3c(n2)CCNC3)C1. The highest BCUT2D eigenvalue weighted by atomic mass is 15.1. The van der Waals surface area contributed by atoms with Gasteiger partial charge in [-0.2, -0.15) is 0 Å². The third kappa shape index (κ3) is 3.16. The first-order chi connectivity index (χ1) is 10.3. The minimum atomic E-state index is 0.436. The molecule has 4 nitrogen and oxygen atoms in total. The maximum atomic E-state index is 4.70. The average Bonchev–Trinajstić information content (AvgIpc) is 2.89. The van der Waals surface area contributed by atoms with Crippen molar-refractivity contribution in [3.63, 3.8) is 0 Å². The predicted molar refractivity (Wildman–Crippen MR) is 86.2 cm³/mol. The summed E-state index contributed by atoms with van der Waals surface area (Å²) in [5.74, 6) is 0.790. The van der Waals surface area contributed by atoms with E-state index >= 15 is 0 Å². The minimum Gasteiger partial charge on any atom is -0.351 e. The molecule has 112 valence electrons. The molecule has 1 aromatic heterocycles. The zero-order valence-electron chi connectivity index (χ0n) is 12.9. The van der Waals surface area contributed by atoms with Gasteiger partial charge >= 0.3 is 0 Å². The molecule has 1 aliphatic heterocycles. The van der Waals surface area contributed by atoms with Crippen molar-refractivity contribution < 1.29 is 0 Å². The Morgan fingerprint density at radius 2 is 2.33 bits per heavy atom. The van der Waals surface area contributed by atoms with Gasteiger partial charge in [-0.25, -0.2) is 9.97 Å². The fourth-order valence-corrected chi connectivity index (χ4v) is 3.26. The number of aromatic nitrogens is 2. The minimum absolute atomic E-state index is 0.436. The van der Waals surface area contributed by atoms with Crippen molar-refractivity contribution in [3.8, 4) is 0 Å². The molecule has 0 spiro atoms. The lowest BCUT2D eigenvalue weighted by atomic mass is 10.1. The maximum absolute atomic E-state index is 4.70. The quantitative estimate of drug-likeness (QED) is 0.892. The lowest BCUT2D eigenvalue weighted by molar-refractivity contribution is 0.624. The molecule has 0 saturated heterocycles. The highest BCUT2D eigenvalue weighted by Crippen LogP contribution is 2.31. The second kappa shape index (κ2) is 6.39. The Morgan fingerprint density at radius 3 is 3.14 bits per heavy atom.